The van der Waals surface area contributed by atoms with Crippen LogP contribution in [0.1, 0.15) is 11.4 Å². The Labute approximate surface area is 191 Å². The summed E-state index contributed by atoms with van der Waals surface area (Å²) in [6.07, 6.45) is 1.08. The third-order valence-corrected chi connectivity index (χ3v) is 6.76. The molecule has 1 fully saturated rings. The van der Waals surface area contributed by atoms with Crippen molar-refractivity contribution in [3.8, 4) is 23.0 Å². The molecule has 1 unspecified atom stereocenters. The molecule has 0 spiro atoms. The SMILES string of the molecule is Cn1c(COc2ccc(CC3CNCS3)cc2)nc2ccc(Oc3ccccc3O)cc21. The number of aryl methyl sites for hydroxylation is 1. The normalized spacial score (nSPS) is 15.8. The van der Waals surface area contributed by atoms with Gasteiger partial charge in [-0.1, -0.05) is 24.3 Å². The van der Waals surface area contributed by atoms with Crippen molar-refractivity contribution in [2.45, 2.75) is 18.3 Å². The monoisotopic (exact) mass is 447 g/mol. The Kier molecular flexibility index (Phi) is 5.92. The van der Waals surface area contributed by atoms with E-state index in [0.717, 1.165) is 41.4 Å². The van der Waals surface area contributed by atoms with Crippen LogP contribution in [0.5, 0.6) is 23.0 Å². The minimum Gasteiger partial charge on any atom is -0.504 e. The summed E-state index contributed by atoms with van der Waals surface area (Å²) in [5, 5.41) is 14.0. The van der Waals surface area contributed by atoms with Gasteiger partial charge in [0.2, 0.25) is 0 Å². The summed E-state index contributed by atoms with van der Waals surface area (Å²) in [7, 11) is 1.97. The summed E-state index contributed by atoms with van der Waals surface area (Å²) in [5.74, 6) is 3.88. The smallest absolute Gasteiger partial charge is 0.169 e. The second-order valence-corrected chi connectivity index (χ2v) is 9.12. The summed E-state index contributed by atoms with van der Waals surface area (Å²) in [4.78, 5) is 4.70. The summed E-state index contributed by atoms with van der Waals surface area (Å²) < 4.78 is 13.9. The van der Waals surface area contributed by atoms with E-state index in [1.165, 1.54) is 5.56 Å². The highest BCUT2D eigenvalue weighted by molar-refractivity contribution is 8.00. The average Bonchev–Trinajstić information content (AvgIpc) is 3.43. The fraction of sp³-hybridized carbons (Fsp3) is 0.240. The third kappa shape index (κ3) is 4.54. The van der Waals surface area contributed by atoms with E-state index in [2.05, 4.69) is 17.4 Å². The molecule has 32 heavy (non-hydrogen) atoms. The lowest BCUT2D eigenvalue weighted by Gasteiger charge is -2.10. The van der Waals surface area contributed by atoms with Crippen molar-refractivity contribution in [2.75, 3.05) is 12.4 Å². The van der Waals surface area contributed by atoms with Crippen molar-refractivity contribution in [3.05, 3.63) is 78.1 Å². The van der Waals surface area contributed by atoms with Gasteiger partial charge in [-0.25, -0.2) is 4.98 Å². The number of ether oxygens (including phenoxy) is 2. The molecule has 1 aromatic heterocycles. The minimum absolute atomic E-state index is 0.108. The fourth-order valence-corrected chi connectivity index (χ4v) is 4.82. The van der Waals surface area contributed by atoms with E-state index >= 15 is 0 Å². The van der Waals surface area contributed by atoms with E-state index in [1.807, 2.05) is 59.8 Å². The molecule has 1 aliphatic rings. The molecule has 1 saturated heterocycles. The highest BCUT2D eigenvalue weighted by Crippen LogP contribution is 2.31. The van der Waals surface area contributed by atoms with Gasteiger partial charge in [-0.2, -0.15) is 0 Å². The Morgan fingerprint density at radius 2 is 1.91 bits per heavy atom. The van der Waals surface area contributed by atoms with Crippen LogP contribution in [-0.2, 0) is 20.1 Å². The first-order valence-corrected chi connectivity index (χ1v) is 11.7. The van der Waals surface area contributed by atoms with Crippen LogP contribution < -0.4 is 14.8 Å². The lowest BCUT2D eigenvalue weighted by molar-refractivity contribution is 0.292. The molecule has 164 valence electrons. The number of para-hydroxylation sites is 2. The van der Waals surface area contributed by atoms with Crippen LogP contribution in [0.25, 0.3) is 11.0 Å². The molecule has 0 bridgehead atoms. The molecule has 0 radical (unpaired) electrons. The molecule has 3 aromatic carbocycles. The van der Waals surface area contributed by atoms with E-state index in [4.69, 9.17) is 14.5 Å². The molecular weight excluding hydrogens is 422 g/mol. The molecule has 5 rings (SSSR count). The lowest BCUT2D eigenvalue weighted by Crippen LogP contribution is -2.14. The number of rotatable bonds is 7. The summed E-state index contributed by atoms with van der Waals surface area (Å²) in [6, 6.07) is 21.0. The third-order valence-electron chi connectivity index (χ3n) is 5.59. The van der Waals surface area contributed by atoms with Crippen LogP contribution in [0, 0.1) is 0 Å². The largest absolute Gasteiger partial charge is 0.504 e. The molecular formula is C25H25N3O3S. The predicted octanol–water partition coefficient (Wildman–Crippen LogP) is 4.86. The van der Waals surface area contributed by atoms with Gasteiger partial charge in [0.25, 0.3) is 0 Å². The van der Waals surface area contributed by atoms with Crippen LogP contribution in [-0.4, -0.2) is 32.3 Å². The molecule has 1 atom stereocenters. The first-order chi connectivity index (χ1) is 15.7. The van der Waals surface area contributed by atoms with Crippen molar-refractivity contribution < 1.29 is 14.6 Å². The van der Waals surface area contributed by atoms with Gasteiger partial charge in [-0.05, 0) is 48.4 Å². The number of nitrogens with one attached hydrogen (secondary N) is 1. The molecule has 1 aliphatic heterocycles. The van der Waals surface area contributed by atoms with Crippen LogP contribution in [0.4, 0.5) is 0 Å². The number of thioether (sulfide) groups is 1. The van der Waals surface area contributed by atoms with Gasteiger partial charge in [0.1, 0.15) is 23.9 Å². The van der Waals surface area contributed by atoms with E-state index in [9.17, 15) is 5.11 Å². The van der Waals surface area contributed by atoms with Gasteiger partial charge < -0.3 is 24.5 Å². The van der Waals surface area contributed by atoms with Gasteiger partial charge >= 0.3 is 0 Å². The minimum atomic E-state index is 0.108. The topological polar surface area (TPSA) is 68.5 Å². The van der Waals surface area contributed by atoms with Gasteiger partial charge in [0.05, 0.1) is 11.0 Å². The van der Waals surface area contributed by atoms with Gasteiger partial charge in [-0.15, -0.1) is 11.8 Å². The zero-order valence-electron chi connectivity index (χ0n) is 17.8. The predicted molar refractivity (Wildman–Crippen MR) is 128 cm³/mol. The van der Waals surface area contributed by atoms with Crippen LogP contribution in [0.15, 0.2) is 66.7 Å². The summed E-state index contributed by atoms with van der Waals surface area (Å²) >= 11 is 1.98. The van der Waals surface area contributed by atoms with Crippen molar-refractivity contribution in [1.82, 2.24) is 14.9 Å². The molecule has 2 heterocycles. The Morgan fingerprint density at radius 3 is 2.69 bits per heavy atom. The summed E-state index contributed by atoms with van der Waals surface area (Å²) in [5.41, 5.74) is 3.14. The molecule has 0 aliphatic carbocycles. The maximum absolute atomic E-state index is 9.95. The average molecular weight is 448 g/mol. The Bertz CT molecular complexity index is 1220. The molecule has 4 aromatic rings. The number of phenols is 1. The Morgan fingerprint density at radius 1 is 1.09 bits per heavy atom. The highest BCUT2D eigenvalue weighted by atomic mass is 32.2. The molecule has 0 saturated carbocycles. The second-order valence-electron chi connectivity index (χ2n) is 7.83. The van der Waals surface area contributed by atoms with Crippen molar-refractivity contribution in [1.29, 1.82) is 0 Å². The van der Waals surface area contributed by atoms with Gasteiger partial charge in [0, 0.05) is 30.8 Å². The number of fused-ring (bicyclic) bond motifs is 1. The van der Waals surface area contributed by atoms with Crippen LogP contribution in [0.2, 0.25) is 0 Å². The van der Waals surface area contributed by atoms with E-state index in [-0.39, 0.29) is 5.75 Å². The fourth-order valence-electron chi connectivity index (χ4n) is 3.80. The number of phenolic OH excluding ortho intramolecular Hbond substituents is 1. The number of aromatic hydroxyl groups is 1. The quantitative estimate of drug-likeness (QED) is 0.422. The van der Waals surface area contributed by atoms with Crippen molar-refractivity contribution in [3.63, 3.8) is 0 Å². The Balaban J connectivity index is 1.26. The first-order valence-electron chi connectivity index (χ1n) is 10.6. The second kappa shape index (κ2) is 9.14. The van der Waals surface area contributed by atoms with Crippen LogP contribution in [0.3, 0.4) is 0 Å². The van der Waals surface area contributed by atoms with Crippen molar-refractivity contribution >= 4 is 22.8 Å². The van der Waals surface area contributed by atoms with E-state index in [1.54, 1.807) is 18.2 Å². The van der Waals surface area contributed by atoms with Gasteiger partial charge in [0.15, 0.2) is 11.5 Å². The zero-order chi connectivity index (χ0) is 21.9. The maximum atomic E-state index is 9.95. The maximum Gasteiger partial charge on any atom is 0.169 e. The molecule has 2 N–H and O–H groups in total. The Hall–Kier alpha value is -3.16. The van der Waals surface area contributed by atoms with Crippen molar-refractivity contribution in [2.24, 2.45) is 7.05 Å². The standard InChI is InChI=1S/C25H25N3O3S/c1-28-22-13-19(31-24-5-3-2-4-23(24)29)10-11-21(22)27-25(28)15-30-18-8-6-17(7-9-18)12-20-14-26-16-32-20/h2-11,13,20,26,29H,12,14-16H2,1H3. The van der Waals surface area contributed by atoms with E-state index < -0.39 is 0 Å². The number of benzene rings is 3. The number of imidazole rings is 1. The van der Waals surface area contributed by atoms with Crippen LogP contribution >= 0.6 is 11.8 Å². The van der Waals surface area contributed by atoms with Gasteiger partial charge in [-0.3, -0.25) is 0 Å². The number of hydrogen-bond donors (Lipinski definition) is 2. The lowest BCUT2D eigenvalue weighted by atomic mass is 10.1. The molecule has 7 heteroatoms. The number of hydrogen-bond acceptors (Lipinski definition) is 6. The molecule has 6 nitrogen and oxygen atoms in total. The molecule has 0 amide bonds. The first kappa shape index (κ1) is 20.7. The van der Waals surface area contributed by atoms with E-state index in [0.29, 0.717) is 23.4 Å². The number of nitrogens with zero attached hydrogens (tertiary/aromatic N) is 2. The number of aromatic nitrogens is 2. The zero-order valence-corrected chi connectivity index (χ0v) is 18.6. The summed E-state index contributed by atoms with van der Waals surface area (Å²) in [6.45, 7) is 1.46. The highest BCUT2D eigenvalue weighted by Gasteiger charge is 2.15.